The zero-order valence-corrected chi connectivity index (χ0v) is 31.4. The number of nitrogens with zero attached hydrogens (tertiary/aromatic N) is 2. The molecule has 52 heavy (non-hydrogen) atoms. The van der Waals surface area contributed by atoms with Gasteiger partial charge in [-0.05, 0) is 47.2 Å². The molecule has 12 heteroatoms. The van der Waals surface area contributed by atoms with Crippen LogP contribution >= 0.6 is 11.3 Å². The lowest BCUT2D eigenvalue weighted by Crippen LogP contribution is -2.49. The van der Waals surface area contributed by atoms with E-state index in [0.29, 0.717) is 10.7 Å². The van der Waals surface area contributed by atoms with Crippen LogP contribution < -0.4 is 15.4 Å². The average Bonchev–Trinajstić information content (AvgIpc) is 3.65. The summed E-state index contributed by atoms with van der Waals surface area (Å²) in [6.45, 7) is 10.2. The Morgan fingerprint density at radius 3 is 1.96 bits per heavy atom. The monoisotopic (exact) mass is 730 g/mol. The molecule has 2 aromatic heterocycles. The summed E-state index contributed by atoms with van der Waals surface area (Å²) in [6, 6.07) is 18.1. The third-order valence-corrected chi connectivity index (χ3v) is 9.42. The molecule has 0 aliphatic heterocycles. The lowest BCUT2D eigenvalue weighted by Gasteiger charge is -2.18. The number of benzene rings is 2. The molecular weight excluding hydrogens is 681 g/mol. The van der Waals surface area contributed by atoms with Crippen LogP contribution in [0, 0.1) is 0 Å². The number of rotatable bonds is 17. The van der Waals surface area contributed by atoms with Gasteiger partial charge in [0.1, 0.15) is 18.3 Å². The van der Waals surface area contributed by atoms with E-state index < -0.39 is 30.4 Å². The van der Waals surface area contributed by atoms with E-state index in [1.54, 1.807) is 25.4 Å². The lowest BCUT2D eigenvalue weighted by atomic mass is 9.95. The molecule has 4 rings (SSSR count). The van der Waals surface area contributed by atoms with E-state index >= 15 is 0 Å². The van der Waals surface area contributed by atoms with Gasteiger partial charge >= 0.3 is 11.9 Å². The molecule has 0 spiro atoms. The van der Waals surface area contributed by atoms with Crippen LogP contribution in [0.4, 0.5) is 0 Å². The largest absolute Gasteiger partial charge is 0.494 e. The summed E-state index contributed by atoms with van der Waals surface area (Å²) in [5.41, 5.74) is 3.36. The quantitative estimate of drug-likeness (QED) is 0.0803. The van der Waals surface area contributed by atoms with Crippen molar-refractivity contribution in [2.45, 2.75) is 91.0 Å². The Bertz CT molecular complexity index is 1730. The summed E-state index contributed by atoms with van der Waals surface area (Å²) < 4.78 is 5.88. The molecular formula is C40H50N4O7S. The van der Waals surface area contributed by atoms with Crippen molar-refractivity contribution in [3.63, 3.8) is 0 Å². The molecule has 2 amide bonds. The van der Waals surface area contributed by atoms with Crippen LogP contribution in [0.5, 0.6) is 5.75 Å². The highest BCUT2D eigenvalue weighted by Gasteiger charge is 2.25. The standard InChI is InChI=1S/C37H44N4O5S.C3H6O2/c1-5-6-7-8-9-20-46-29-16-14-26(15-17-29)28-22-38-34(39-23-28)27-12-10-25(11-13-27)21-30(35(44)40-24-33(42)43)41-36(45)31-18-19-32(47-31)37(2,3)4;1-2-3(4)5/h10-19,22-23,30H,5-9,20-21,24H2,1-4H3,(H,40,44)(H,41,45)(H,42,43);2H2,1H3,(H,4,5). The van der Waals surface area contributed by atoms with Crippen molar-refractivity contribution in [3.05, 3.63) is 88.4 Å². The van der Waals surface area contributed by atoms with E-state index in [2.05, 4.69) is 48.3 Å². The second-order valence-electron chi connectivity index (χ2n) is 13.3. The minimum atomic E-state index is -1.17. The van der Waals surface area contributed by atoms with Crippen LogP contribution in [0.1, 0.15) is 93.3 Å². The van der Waals surface area contributed by atoms with Crippen LogP contribution in [0.3, 0.4) is 0 Å². The van der Waals surface area contributed by atoms with Gasteiger partial charge in [-0.3, -0.25) is 19.2 Å². The van der Waals surface area contributed by atoms with Gasteiger partial charge in [0.05, 0.1) is 11.5 Å². The van der Waals surface area contributed by atoms with Gasteiger partial charge in [-0.1, -0.05) is 96.7 Å². The number of carbonyl (C=O) groups excluding carboxylic acids is 2. The summed E-state index contributed by atoms with van der Waals surface area (Å²) >= 11 is 1.37. The van der Waals surface area contributed by atoms with E-state index in [4.69, 9.17) is 14.9 Å². The SMILES string of the molecule is CCC(=O)O.CCCCCCCOc1ccc(-c2cnc(-c3ccc(CC(NC(=O)c4ccc(C(C)(C)C)s4)C(=O)NCC(=O)O)cc3)nc2)cc1. The van der Waals surface area contributed by atoms with Gasteiger partial charge in [-0.2, -0.15) is 0 Å². The maximum atomic E-state index is 13.1. The van der Waals surface area contributed by atoms with Gasteiger partial charge < -0.3 is 25.6 Å². The van der Waals surface area contributed by atoms with E-state index in [1.165, 1.54) is 37.0 Å². The first-order valence-electron chi connectivity index (χ1n) is 17.6. The first kappa shape index (κ1) is 41.3. The van der Waals surface area contributed by atoms with E-state index in [0.717, 1.165) is 45.9 Å². The fourth-order valence-corrected chi connectivity index (χ4v) is 5.85. The number of aliphatic carboxylic acids is 2. The van der Waals surface area contributed by atoms with Gasteiger partial charge in [0, 0.05) is 41.2 Å². The van der Waals surface area contributed by atoms with Crippen LogP contribution in [-0.2, 0) is 26.2 Å². The summed E-state index contributed by atoms with van der Waals surface area (Å²) in [6.07, 6.45) is 9.98. The number of aromatic nitrogens is 2. The Labute approximate surface area is 309 Å². The molecule has 2 aromatic carbocycles. The highest BCUT2D eigenvalue weighted by molar-refractivity contribution is 7.14. The molecule has 4 aromatic rings. The molecule has 1 atom stereocenters. The number of carboxylic acids is 2. The second kappa shape index (κ2) is 20.7. The normalized spacial score (nSPS) is 11.5. The Kier molecular flexibility index (Phi) is 16.4. The van der Waals surface area contributed by atoms with Gasteiger partial charge in [0.15, 0.2) is 5.82 Å². The summed E-state index contributed by atoms with van der Waals surface area (Å²) in [7, 11) is 0. The number of amides is 2. The van der Waals surface area contributed by atoms with Crippen molar-refractivity contribution >= 4 is 35.1 Å². The Balaban J connectivity index is 0.00000136. The number of ether oxygens (including phenoxy) is 1. The molecule has 0 aliphatic rings. The number of hydrogen-bond donors (Lipinski definition) is 4. The lowest BCUT2D eigenvalue weighted by molar-refractivity contribution is -0.138. The van der Waals surface area contributed by atoms with Gasteiger partial charge in [0.2, 0.25) is 5.91 Å². The molecule has 0 radical (unpaired) electrons. The molecule has 0 aliphatic carbocycles. The third-order valence-electron chi connectivity index (χ3n) is 7.92. The number of unbranched alkanes of at least 4 members (excludes halogenated alkanes) is 4. The van der Waals surface area contributed by atoms with Crippen molar-refractivity contribution < 1.29 is 34.1 Å². The number of carboxylic acid groups (broad SMARTS) is 2. The molecule has 0 saturated carbocycles. The first-order valence-corrected chi connectivity index (χ1v) is 18.4. The predicted octanol–water partition coefficient (Wildman–Crippen LogP) is 7.54. The zero-order chi connectivity index (χ0) is 38.1. The maximum absolute atomic E-state index is 13.1. The predicted molar refractivity (Wildman–Crippen MR) is 204 cm³/mol. The molecule has 11 nitrogen and oxygen atoms in total. The topological polar surface area (TPSA) is 168 Å². The number of carbonyl (C=O) groups is 4. The van der Waals surface area contributed by atoms with Crippen LogP contribution in [0.25, 0.3) is 22.5 Å². The summed E-state index contributed by atoms with van der Waals surface area (Å²) in [5.74, 6) is -1.46. The minimum Gasteiger partial charge on any atom is -0.494 e. The fourth-order valence-electron chi connectivity index (χ4n) is 4.88. The first-order chi connectivity index (χ1) is 24.8. The summed E-state index contributed by atoms with van der Waals surface area (Å²) in [5, 5.41) is 21.9. The van der Waals surface area contributed by atoms with Gasteiger partial charge in [-0.15, -0.1) is 11.3 Å². The van der Waals surface area contributed by atoms with E-state index in [1.807, 2.05) is 54.6 Å². The summed E-state index contributed by atoms with van der Waals surface area (Å²) in [4.78, 5) is 57.1. The Morgan fingerprint density at radius 2 is 1.40 bits per heavy atom. The van der Waals surface area contributed by atoms with Crippen LogP contribution in [0.2, 0.25) is 0 Å². The van der Waals surface area contributed by atoms with Crippen LogP contribution in [-0.4, -0.2) is 63.1 Å². The van der Waals surface area contributed by atoms with Crippen molar-refractivity contribution in [2.75, 3.05) is 13.2 Å². The number of hydrogen-bond acceptors (Lipinski definition) is 8. The molecule has 278 valence electrons. The van der Waals surface area contributed by atoms with Gasteiger partial charge in [0.25, 0.3) is 5.91 Å². The highest BCUT2D eigenvalue weighted by Crippen LogP contribution is 2.29. The Morgan fingerprint density at radius 1 is 0.788 bits per heavy atom. The molecule has 1 unspecified atom stereocenters. The van der Waals surface area contributed by atoms with E-state index in [9.17, 15) is 19.2 Å². The average molecular weight is 731 g/mol. The molecule has 2 heterocycles. The maximum Gasteiger partial charge on any atom is 0.322 e. The van der Waals surface area contributed by atoms with Gasteiger partial charge in [-0.25, -0.2) is 9.97 Å². The number of nitrogens with one attached hydrogen (secondary N) is 2. The minimum absolute atomic E-state index is 0.110. The van der Waals surface area contributed by atoms with Crippen molar-refractivity contribution in [3.8, 4) is 28.3 Å². The van der Waals surface area contributed by atoms with E-state index in [-0.39, 0.29) is 24.2 Å². The second-order valence-corrected chi connectivity index (χ2v) is 14.4. The molecule has 4 N–H and O–H groups in total. The smallest absolute Gasteiger partial charge is 0.322 e. The Hall–Kier alpha value is -5.10. The molecule has 0 bridgehead atoms. The van der Waals surface area contributed by atoms with Crippen molar-refractivity contribution in [1.29, 1.82) is 0 Å². The number of thiophene rings is 1. The van der Waals surface area contributed by atoms with Crippen molar-refractivity contribution in [2.24, 2.45) is 0 Å². The fraction of sp³-hybridized carbons (Fsp3) is 0.400. The van der Waals surface area contributed by atoms with Crippen LogP contribution in [0.15, 0.2) is 73.1 Å². The molecule has 0 saturated heterocycles. The molecule has 0 fully saturated rings. The highest BCUT2D eigenvalue weighted by atomic mass is 32.1. The zero-order valence-electron chi connectivity index (χ0n) is 30.6. The van der Waals surface area contributed by atoms with Crippen molar-refractivity contribution in [1.82, 2.24) is 20.6 Å². The third kappa shape index (κ3) is 13.9.